The molecule has 28 aromatic rings. The number of ether oxygens (including phenoxy) is 7. The highest BCUT2D eigenvalue weighted by Crippen LogP contribution is 2.96. The number of alkyl carbamates (subject to hydrolysis) is 1. The maximum Gasteiger partial charge on any atom is 0.407 e. The van der Waals surface area contributed by atoms with Crippen LogP contribution in [0.4, 0.5) is 4.79 Å². The topological polar surface area (TPSA) is 128 Å². The van der Waals surface area contributed by atoms with Crippen molar-refractivity contribution < 1.29 is 47.5 Å². The van der Waals surface area contributed by atoms with Crippen LogP contribution in [0.3, 0.4) is 0 Å². The molecular formula is C83H41NO10. The molecule has 0 radical (unpaired) electrons. The zero-order chi connectivity index (χ0) is 59.8. The van der Waals surface area contributed by atoms with Crippen LogP contribution in [0.25, 0.3) is 291 Å². The Kier molecular flexibility index (Phi) is 5.54. The van der Waals surface area contributed by atoms with Gasteiger partial charge in [0.1, 0.15) is 12.2 Å². The maximum atomic E-state index is 17.6. The fraction of sp³-hybridized carbons (Fsp3) is 0.265. The Morgan fingerprint density at radius 1 is 0.287 bits per heavy atom. The summed E-state index contributed by atoms with van der Waals surface area (Å²) in [5.74, 6) is -0.949. The fourth-order valence-corrected chi connectivity index (χ4v) is 27.6. The Bertz CT molecular complexity index is 7370. The van der Waals surface area contributed by atoms with Gasteiger partial charge in [0.25, 0.3) is 0 Å². The number of carbonyl (C=O) groups excluding carboxylic acids is 3. The number of benzene rings is 18. The van der Waals surface area contributed by atoms with Crippen LogP contribution < -0.4 is 5.32 Å². The van der Waals surface area contributed by atoms with Gasteiger partial charge in [-0.2, -0.15) is 0 Å². The van der Waals surface area contributed by atoms with Crippen LogP contribution in [0.15, 0.2) is 0 Å². The van der Waals surface area contributed by atoms with Crippen molar-refractivity contribution in [1.29, 1.82) is 0 Å². The van der Waals surface area contributed by atoms with Crippen molar-refractivity contribution in [2.45, 2.75) is 62.9 Å². The molecule has 438 valence electrons. The molecule has 0 saturated heterocycles. The Labute approximate surface area is 522 Å². The van der Waals surface area contributed by atoms with Crippen molar-refractivity contribution in [3.8, 4) is 0 Å². The predicted octanol–water partition coefficient (Wildman–Crippen LogP) is 18.2. The van der Waals surface area contributed by atoms with E-state index in [1.807, 2.05) is 20.8 Å². The van der Waals surface area contributed by atoms with Crippen molar-refractivity contribution >= 4 is 309 Å². The summed E-state index contributed by atoms with van der Waals surface area (Å²) in [5, 5.41) is 80.8. The Morgan fingerprint density at radius 3 is 0.766 bits per heavy atom. The molecule has 0 aliphatic heterocycles. The fourth-order valence-electron chi connectivity index (χ4n) is 27.6. The summed E-state index contributed by atoms with van der Waals surface area (Å²) in [4.78, 5) is 47.9. The predicted molar refractivity (Wildman–Crippen MR) is 375 cm³/mol. The quantitative estimate of drug-likeness (QED) is 0.0244. The van der Waals surface area contributed by atoms with E-state index in [-0.39, 0.29) is 19.8 Å². The van der Waals surface area contributed by atoms with E-state index < -0.39 is 39.9 Å². The average molecular weight is 1210 g/mol. The molecule has 94 heavy (non-hydrogen) atoms. The smallest absolute Gasteiger partial charge is 0.407 e. The van der Waals surface area contributed by atoms with Gasteiger partial charge in [-0.3, -0.25) is 9.59 Å². The van der Waals surface area contributed by atoms with Crippen LogP contribution >= 0.6 is 0 Å². The molecule has 0 heterocycles. The number of unbranched alkanes of at least 4 members (excludes halogenated alkanes) is 3. The molecule has 1 saturated carbocycles. The maximum absolute atomic E-state index is 17.6. The highest BCUT2D eigenvalue weighted by Gasteiger charge is 3.01. The highest BCUT2D eigenvalue weighted by molar-refractivity contribution is 6.82. The molecule has 28 aromatic carbocycles. The minimum absolute atomic E-state index is 0.0313. The number of esters is 2. The standard InChI is InChI=1S/C83H41NO10/c1-80(2,3)94-79(87)84-9-7-5-6-8-10-92-77(85)83(78(86)93-18-17-91-16-15-90-14-13-89-12-11-88-4)81-73-65-57-47-37-29-21-19-20-23-27-25(21)33-41-35(27)45-39-31(23)32-24(20)28-26-22(19)30(29)38-44-34(26)42-36(28)46-40(32)50-49(39)59-53(45)63-55(41)61(51(57)43(33)37)69(73)71(63)75-67(59)68-60(50)54(46)64-56(42)62-52(44)58(48(38)47)66(65)74(81)70(62)72(64)76(68)82(75,81)83/h5-18H2,1-4H3,(H,84,87). The number of hydrogen-bond acceptors (Lipinski definition) is 10. The molecule has 0 bridgehead atoms. The van der Waals surface area contributed by atoms with Crippen LogP contribution in [-0.2, 0) is 53.6 Å². The number of hydrogen-bond donors (Lipinski definition) is 1. The number of nitrogens with one attached hydrogen (secondary N) is 1. The van der Waals surface area contributed by atoms with E-state index in [0.29, 0.717) is 52.6 Å². The zero-order valence-corrected chi connectivity index (χ0v) is 51.0. The number of rotatable bonds is 21. The summed E-state index contributed by atoms with van der Waals surface area (Å²) >= 11 is 0. The van der Waals surface area contributed by atoms with Crippen molar-refractivity contribution in [2.24, 2.45) is 5.41 Å². The molecule has 1 fully saturated rings. The first kappa shape index (κ1) is 44.2. The van der Waals surface area contributed by atoms with Gasteiger partial charge < -0.3 is 38.5 Å². The molecule has 0 aromatic heterocycles. The van der Waals surface area contributed by atoms with Gasteiger partial charge in [-0.15, -0.1) is 0 Å². The van der Waals surface area contributed by atoms with Crippen molar-refractivity contribution in [3.63, 3.8) is 0 Å². The summed E-state index contributed by atoms with van der Waals surface area (Å²) < 4.78 is 42.7. The third-order valence-corrected chi connectivity index (χ3v) is 28.6. The van der Waals surface area contributed by atoms with E-state index in [1.165, 1.54) is 302 Å². The highest BCUT2D eigenvalue weighted by atomic mass is 16.6. The van der Waals surface area contributed by atoms with E-state index in [1.54, 1.807) is 17.9 Å². The van der Waals surface area contributed by atoms with Crippen LogP contribution in [0.5, 0.6) is 0 Å². The van der Waals surface area contributed by atoms with Gasteiger partial charge in [-0.25, -0.2) is 4.79 Å². The molecule has 1 N–H and O–H groups in total. The first-order valence-electron chi connectivity index (χ1n) is 34.5. The Balaban J connectivity index is 0.745. The van der Waals surface area contributed by atoms with Crippen LogP contribution in [0.2, 0.25) is 0 Å². The third-order valence-electron chi connectivity index (χ3n) is 28.6. The van der Waals surface area contributed by atoms with Crippen molar-refractivity contribution in [3.05, 3.63) is 22.3 Å². The van der Waals surface area contributed by atoms with Crippen molar-refractivity contribution in [1.82, 2.24) is 5.32 Å². The number of carbonyl (C=O) groups is 3. The van der Waals surface area contributed by atoms with Gasteiger partial charge >= 0.3 is 18.0 Å². The Hall–Kier alpha value is -9.49. The SMILES string of the molecule is COCCOCCOCCOCCOC(=O)C1(C(=O)OCCCCCCNC(=O)OC(C)(C)C)C23c4c5c6c7c8c9c(c%10c%11c2c2c4c4c%12c5c5c6c6c8c8c%13c9c9c%10c%10c%11c%11c2c2c4c4c%12c%12c5c5c6c8c6c8c%13c9c9c%10c%10c%11c2c2c4c4c%12c5c6c5c8c9c%10c2c45)C713. The second-order valence-electron chi connectivity index (χ2n) is 31.9. The van der Waals surface area contributed by atoms with Crippen LogP contribution in [0.1, 0.15) is 68.7 Å². The monoisotopic (exact) mass is 1210 g/mol. The lowest BCUT2D eigenvalue weighted by molar-refractivity contribution is -0.167. The molecule has 0 unspecified atom stereocenters. The summed E-state index contributed by atoms with van der Waals surface area (Å²) in [6.07, 6.45) is 2.54. The summed E-state index contributed by atoms with van der Waals surface area (Å²) in [6, 6.07) is 0. The van der Waals surface area contributed by atoms with Gasteiger partial charge in [0, 0.05) is 13.7 Å². The molecular weight excluding hydrogens is 1170 g/mol. The normalized spacial score (nSPS) is 21.1. The molecule has 33 rings (SSSR count). The molecule has 2 spiro atoms. The average Bonchev–Trinajstić information content (AvgIpc) is 1.36. The molecule has 1 amide bonds. The zero-order valence-electron chi connectivity index (χ0n) is 51.0. The summed E-state index contributed by atoms with van der Waals surface area (Å²) in [5.41, 5.74) is 0.0256. The minimum Gasteiger partial charge on any atom is -0.465 e. The number of amides is 1. The molecule has 5 aliphatic carbocycles. The van der Waals surface area contributed by atoms with Gasteiger partial charge in [-0.05, 0) is 353 Å². The second-order valence-corrected chi connectivity index (χ2v) is 31.9. The van der Waals surface area contributed by atoms with E-state index in [0.717, 1.165) is 19.3 Å². The van der Waals surface area contributed by atoms with Gasteiger partial charge in [0.05, 0.1) is 63.7 Å². The van der Waals surface area contributed by atoms with Crippen LogP contribution in [-0.4, -0.2) is 96.7 Å². The molecule has 0 atom stereocenters. The summed E-state index contributed by atoms with van der Waals surface area (Å²) in [7, 11) is 1.66. The van der Waals surface area contributed by atoms with Gasteiger partial charge in [0.2, 0.25) is 0 Å². The lowest BCUT2D eigenvalue weighted by Crippen LogP contribution is -2.39. The molecule has 5 aliphatic rings. The third kappa shape index (κ3) is 3.09. The van der Waals surface area contributed by atoms with E-state index in [9.17, 15) is 4.79 Å². The van der Waals surface area contributed by atoms with Crippen molar-refractivity contribution in [2.75, 3.05) is 73.1 Å². The Morgan fingerprint density at radius 2 is 0.511 bits per heavy atom. The lowest BCUT2D eigenvalue weighted by Gasteiger charge is -2.32. The van der Waals surface area contributed by atoms with Gasteiger partial charge in [-0.1, -0.05) is 6.42 Å². The molecule has 11 nitrogen and oxygen atoms in total. The molecule has 11 heteroatoms. The van der Waals surface area contributed by atoms with Gasteiger partial charge in [0.15, 0.2) is 5.41 Å². The second kappa shape index (κ2) is 11.8. The first-order valence-corrected chi connectivity index (χ1v) is 34.5. The van der Waals surface area contributed by atoms with Crippen LogP contribution in [0, 0.1) is 5.41 Å². The lowest BCUT2D eigenvalue weighted by atomic mass is 9.68. The minimum atomic E-state index is -1.85. The van der Waals surface area contributed by atoms with E-state index >= 15 is 9.59 Å². The first-order chi connectivity index (χ1) is 46.2. The number of methoxy groups -OCH3 is 1. The van der Waals surface area contributed by atoms with E-state index in [4.69, 9.17) is 33.2 Å². The van der Waals surface area contributed by atoms with E-state index in [2.05, 4.69) is 5.32 Å². The summed E-state index contributed by atoms with van der Waals surface area (Å²) in [6.45, 7) is 8.97. The largest absolute Gasteiger partial charge is 0.465 e.